The zero-order valence-electron chi connectivity index (χ0n) is 11.7. The molecule has 0 atom stereocenters. The van der Waals surface area contributed by atoms with E-state index < -0.39 is 4.92 Å². The maximum absolute atomic E-state index is 10.8. The molecule has 0 aliphatic carbocycles. The SMILES string of the molecule is CCCn1c(CO)nnc1Sc1cc(C)c([N+](=O)[O-])cn1. The van der Waals surface area contributed by atoms with Gasteiger partial charge in [-0.15, -0.1) is 10.2 Å². The summed E-state index contributed by atoms with van der Waals surface area (Å²) in [6, 6.07) is 1.65. The molecule has 0 spiro atoms. The van der Waals surface area contributed by atoms with E-state index in [1.807, 2.05) is 11.5 Å². The van der Waals surface area contributed by atoms with Crippen molar-refractivity contribution < 1.29 is 10.0 Å². The van der Waals surface area contributed by atoms with Crippen LogP contribution in [0, 0.1) is 17.0 Å². The third-order valence-electron chi connectivity index (χ3n) is 2.83. The lowest BCUT2D eigenvalue weighted by Crippen LogP contribution is -2.04. The van der Waals surface area contributed by atoms with Gasteiger partial charge in [0.15, 0.2) is 11.0 Å². The molecule has 2 aromatic heterocycles. The lowest BCUT2D eigenvalue weighted by Gasteiger charge is -2.07. The Balaban J connectivity index is 2.28. The van der Waals surface area contributed by atoms with Crippen molar-refractivity contribution in [3.05, 3.63) is 33.8 Å². The summed E-state index contributed by atoms with van der Waals surface area (Å²) >= 11 is 1.27. The van der Waals surface area contributed by atoms with Gasteiger partial charge >= 0.3 is 0 Å². The minimum absolute atomic E-state index is 0.00887. The first-order valence-electron chi connectivity index (χ1n) is 6.38. The maximum Gasteiger partial charge on any atom is 0.290 e. The number of nitro groups is 1. The van der Waals surface area contributed by atoms with Gasteiger partial charge in [-0.1, -0.05) is 6.92 Å². The van der Waals surface area contributed by atoms with E-state index in [2.05, 4.69) is 15.2 Å². The molecule has 0 bridgehead atoms. The average molecular weight is 309 g/mol. The quantitative estimate of drug-likeness (QED) is 0.641. The molecule has 0 saturated carbocycles. The summed E-state index contributed by atoms with van der Waals surface area (Å²) in [7, 11) is 0. The summed E-state index contributed by atoms with van der Waals surface area (Å²) in [6.07, 6.45) is 2.12. The number of hydrogen-bond acceptors (Lipinski definition) is 7. The van der Waals surface area contributed by atoms with Gasteiger partial charge in [-0.05, 0) is 31.2 Å². The summed E-state index contributed by atoms with van der Waals surface area (Å²) in [4.78, 5) is 14.4. The molecule has 0 unspecified atom stereocenters. The molecule has 2 aromatic rings. The molecule has 112 valence electrons. The van der Waals surface area contributed by atoms with E-state index in [0.29, 0.717) is 28.1 Å². The monoisotopic (exact) mass is 309 g/mol. The number of aryl methyl sites for hydroxylation is 1. The van der Waals surface area contributed by atoms with E-state index in [4.69, 9.17) is 0 Å². The minimum Gasteiger partial charge on any atom is -0.388 e. The molecule has 0 aliphatic rings. The number of aliphatic hydroxyl groups is 1. The van der Waals surface area contributed by atoms with Crippen LogP contribution in [0.5, 0.6) is 0 Å². The number of aliphatic hydroxyl groups excluding tert-OH is 1. The van der Waals surface area contributed by atoms with E-state index in [1.165, 1.54) is 18.0 Å². The number of rotatable bonds is 6. The van der Waals surface area contributed by atoms with Crippen LogP contribution in [0.3, 0.4) is 0 Å². The first-order chi connectivity index (χ1) is 10.1. The maximum atomic E-state index is 10.8. The Kier molecular flexibility index (Phi) is 4.86. The summed E-state index contributed by atoms with van der Waals surface area (Å²) in [5, 5.41) is 29.2. The molecule has 8 nitrogen and oxygen atoms in total. The number of pyridine rings is 1. The molecule has 21 heavy (non-hydrogen) atoms. The highest BCUT2D eigenvalue weighted by molar-refractivity contribution is 7.99. The Morgan fingerprint density at radius 2 is 2.24 bits per heavy atom. The zero-order chi connectivity index (χ0) is 15.4. The van der Waals surface area contributed by atoms with Gasteiger partial charge in [0.05, 0.1) is 4.92 Å². The molecule has 0 amide bonds. The standard InChI is InChI=1S/C12H15N5O3S/c1-3-4-16-10(7-18)14-15-12(16)21-11-5-8(2)9(6-13-11)17(19)20/h5-6,18H,3-4,7H2,1-2H3. The molecule has 9 heteroatoms. The Morgan fingerprint density at radius 1 is 1.48 bits per heavy atom. The molecular formula is C12H15N5O3S. The highest BCUT2D eigenvalue weighted by atomic mass is 32.2. The fourth-order valence-electron chi connectivity index (χ4n) is 1.82. The number of nitrogens with zero attached hydrogens (tertiary/aromatic N) is 5. The summed E-state index contributed by atoms with van der Waals surface area (Å²) in [5.41, 5.74) is 0.534. The van der Waals surface area contributed by atoms with Crippen LogP contribution >= 0.6 is 11.8 Å². The molecule has 0 fully saturated rings. The van der Waals surface area contributed by atoms with E-state index in [9.17, 15) is 15.2 Å². The lowest BCUT2D eigenvalue weighted by molar-refractivity contribution is -0.385. The van der Waals surface area contributed by atoms with Crippen LogP contribution in [0.4, 0.5) is 5.69 Å². The Morgan fingerprint density at radius 3 is 2.81 bits per heavy atom. The summed E-state index contributed by atoms with van der Waals surface area (Å²) in [5.74, 6) is 0.498. The fourth-order valence-corrected chi connectivity index (χ4v) is 2.74. The van der Waals surface area contributed by atoms with Crippen molar-refractivity contribution in [1.82, 2.24) is 19.7 Å². The molecule has 0 saturated heterocycles. The third-order valence-corrected chi connectivity index (χ3v) is 3.75. The van der Waals surface area contributed by atoms with Gasteiger partial charge in [0, 0.05) is 12.1 Å². The van der Waals surface area contributed by atoms with Crippen molar-refractivity contribution in [2.45, 2.75) is 43.6 Å². The average Bonchev–Trinajstić information content (AvgIpc) is 2.81. The van der Waals surface area contributed by atoms with Gasteiger partial charge < -0.3 is 9.67 Å². The van der Waals surface area contributed by atoms with Crippen LogP contribution in [0.25, 0.3) is 0 Å². The van der Waals surface area contributed by atoms with E-state index >= 15 is 0 Å². The van der Waals surface area contributed by atoms with Gasteiger partial charge in [-0.2, -0.15) is 0 Å². The van der Waals surface area contributed by atoms with Crippen molar-refractivity contribution in [1.29, 1.82) is 0 Å². The van der Waals surface area contributed by atoms with Gasteiger partial charge in [0.25, 0.3) is 5.69 Å². The van der Waals surface area contributed by atoms with Crippen molar-refractivity contribution in [3.63, 3.8) is 0 Å². The molecule has 0 aliphatic heterocycles. The van der Waals surface area contributed by atoms with Crippen molar-refractivity contribution in [2.24, 2.45) is 0 Å². The Hall–Kier alpha value is -2.00. The predicted octanol–water partition coefficient (Wildman–Crippen LogP) is 1.94. The highest BCUT2D eigenvalue weighted by Crippen LogP contribution is 2.28. The molecule has 0 radical (unpaired) electrons. The van der Waals surface area contributed by atoms with Crippen LogP contribution in [0.15, 0.2) is 22.4 Å². The first kappa shape index (κ1) is 15.4. The number of aromatic nitrogens is 4. The Bertz CT molecular complexity index is 658. The van der Waals surface area contributed by atoms with Crippen LogP contribution in [-0.4, -0.2) is 29.8 Å². The van der Waals surface area contributed by atoms with Crippen molar-refractivity contribution in [3.8, 4) is 0 Å². The largest absolute Gasteiger partial charge is 0.388 e. The third kappa shape index (κ3) is 3.37. The van der Waals surface area contributed by atoms with Crippen molar-refractivity contribution >= 4 is 17.4 Å². The summed E-state index contributed by atoms with van der Waals surface area (Å²) < 4.78 is 1.82. The van der Waals surface area contributed by atoms with Gasteiger partial charge in [-0.3, -0.25) is 10.1 Å². The van der Waals surface area contributed by atoms with Crippen LogP contribution in [0.1, 0.15) is 24.7 Å². The number of hydrogen-bond donors (Lipinski definition) is 1. The zero-order valence-corrected chi connectivity index (χ0v) is 12.5. The van der Waals surface area contributed by atoms with Gasteiger partial charge in [-0.25, -0.2) is 4.98 Å². The predicted molar refractivity (Wildman–Crippen MR) is 76.0 cm³/mol. The van der Waals surface area contributed by atoms with Crippen molar-refractivity contribution in [2.75, 3.05) is 0 Å². The summed E-state index contributed by atoms with van der Waals surface area (Å²) in [6.45, 7) is 4.20. The van der Waals surface area contributed by atoms with Gasteiger partial charge in [0.1, 0.15) is 17.8 Å². The minimum atomic E-state index is -0.458. The second-order valence-corrected chi connectivity index (χ2v) is 5.36. The molecule has 2 rings (SSSR count). The van der Waals surface area contributed by atoms with E-state index in [0.717, 1.165) is 6.42 Å². The first-order valence-corrected chi connectivity index (χ1v) is 7.20. The lowest BCUT2D eigenvalue weighted by atomic mass is 10.3. The fraction of sp³-hybridized carbons (Fsp3) is 0.417. The second-order valence-electron chi connectivity index (χ2n) is 4.38. The van der Waals surface area contributed by atoms with E-state index in [1.54, 1.807) is 13.0 Å². The normalized spacial score (nSPS) is 10.8. The molecular weight excluding hydrogens is 294 g/mol. The second kappa shape index (κ2) is 6.64. The molecule has 0 aromatic carbocycles. The highest BCUT2D eigenvalue weighted by Gasteiger charge is 2.16. The van der Waals surface area contributed by atoms with Crippen LogP contribution < -0.4 is 0 Å². The smallest absolute Gasteiger partial charge is 0.290 e. The topological polar surface area (TPSA) is 107 Å². The molecule has 1 N–H and O–H groups in total. The Labute approximate surface area is 125 Å². The van der Waals surface area contributed by atoms with E-state index in [-0.39, 0.29) is 12.3 Å². The van der Waals surface area contributed by atoms with Crippen LogP contribution in [0.2, 0.25) is 0 Å². The van der Waals surface area contributed by atoms with Crippen LogP contribution in [-0.2, 0) is 13.2 Å². The van der Waals surface area contributed by atoms with Gasteiger partial charge in [0.2, 0.25) is 0 Å². The molecule has 2 heterocycles.